The summed E-state index contributed by atoms with van der Waals surface area (Å²) in [5.41, 5.74) is 5.51. The third-order valence-electron chi connectivity index (χ3n) is 5.11. The fraction of sp³-hybridized carbons (Fsp3) is 0.167. The number of nitro benzene ring substituents is 1. The van der Waals surface area contributed by atoms with E-state index in [-0.39, 0.29) is 11.3 Å². The van der Waals surface area contributed by atoms with Gasteiger partial charge in [0.05, 0.1) is 10.6 Å². The molecule has 0 aliphatic heterocycles. The zero-order valence-corrected chi connectivity index (χ0v) is 17.8. The fourth-order valence-electron chi connectivity index (χ4n) is 3.38. The molecule has 1 heterocycles. The lowest BCUT2D eigenvalue weighted by Crippen LogP contribution is -2.14. The Kier molecular flexibility index (Phi) is 6.02. The van der Waals surface area contributed by atoms with E-state index >= 15 is 0 Å². The first-order chi connectivity index (χ1) is 14.7. The smallest absolute Gasteiger partial charge is 0.271 e. The van der Waals surface area contributed by atoms with Crippen LogP contribution in [0.4, 0.5) is 11.4 Å². The van der Waals surface area contributed by atoms with Crippen molar-refractivity contribution in [1.29, 1.82) is 5.26 Å². The molecule has 0 spiro atoms. The molecule has 156 valence electrons. The molecule has 0 fully saturated rings. The van der Waals surface area contributed by atoms with Gasteiger partial charge in [0.2, 0.25) is 0 Å². The van der Waals surface area contributed by atoms with Gasteiger partial charge in [-0.2, -0.15) is 5.26 Å². The number of nitrogens with one attached hydrogen (secondary N) is 1. The molecule has 0 bridgehead atoms. The van der Waals surface area contributed by atoms with Gasteiger partial charge in [0.25, 0.3) is 11.6 Å². The summed E-state index contributed by atoms with van der Waals surface area (Å²) < 4.78 is 2.06. The molecule has 0 saturated heterocycles. The minimum atomic E-state index is -0.619. The number of amides is 1. The number of hydrogen-bond acceptors (Lipinski definition) is 4. The van der Waals surface area contributed by atoms with Gasteiger partial charge in [-0.1, -0.05) is 23.8 Å². The van der Waals surface area contributed by atoms with Gasteiger partial charge in [0, 0.05) is 29.2 Å². The minimum absolute atomic E-state index is 0.0879. The molecule has 0 aliphatic carbocycles. The highest BCUT2D eigenvalue weighted by atomic mass is 16.6. The third-order valence-corrected chi connectivity index (χ3v) is 5.11. The van der Waals surface area contributed by atoms with E-state index in [9.17, 15) is 20.2 Å². The fourth-order valence-corrected chi connectivity index (χ4v) is 3.38. The van der Waals surface area contributed by atoms with Crippen LogP contribution in [0, 0.1) is 49.1 Å². The normalized spacial score (nSPS) is 11.1. The van der Waals surface area contributed by atoms with Gasteiger partial charge < -0.3 is 9.88 Å². The Balaban J connectivity index is 1.94. The summed E-state index contributed by atoms with van der Waals surface area (Å²) in [5, 5.41) is 23.2. The Labute approximate surface area is 180 Å². The first-order valence-electron chi connectivity index (χ1n) is 9.65. The molecule has 0 saturated carbocycles. The van der Waals surface area contributed by atoms with Crippen LogP contribution in [0.15, 0.2) is 54.1 Å². The molecule has 0 unspecified atom stereocenters. The summed E-state index contributed by atoms with van der Waals surface area (Å²) in [6.45, 7) is 7.64. The minimum Gasteiger partial charge on any atom is -0.321 e. The molecule has 0 radical (unpaired) electrons. The summed E-state index contributed by atoms with van der Waals surface area (Å²) in [6.07, 6.45) is 1.54. The topological polar surface area (TPSA) is 101 Å². The molecular formula is C24H22N4O3. The first-order valence-corrected chi connectivity index (χ1v) is 9.65. The molecule has 7 heteroatoms. The monoisotopic (exact) mass is 414 g/mol. The average molecular weight is 414 g/mol. The van der Waals surface area contributed by atoms with Crippen molar-refractivity contribution in [3.05, 3.63) is 92.3 Å². The molecule has 3 aromatic rings. The number of nitriles is 1. The van der Waals surface area contributed by atoms with Crippen molar-refractivity contribution < 1.29 is 9.72 Å². The molecule has 3 rings (SSSR count). The molecule has 1 N–H and O–H groups in total. The quantitative estimate of drug-likeness (QED) is 0.269. The van der Waals surface area contributed by atoms with Crippen molar-refractivity contribution in [2.24, 2.45) is 0 Å². The van der Waals surface area contributed by atoms with Crippen molar-refractivity contribution in [2.45, 2.75) is 27.7 Å². The number of non-ortho nitro benzene ring substituents is 1. The standard InChI is InChI=1S/C24H22N4O3/c1-15-5-8-21(9-6-15)27-17(3)11-19(18(27)4)12-20(14-25)24(29)26-23-13-22(28(30)31)10-7-16(23)2/h5-13H,1-4H3,(H,26,29)/b20-12+. The molecule has 7 nitrogen and oxygen atoms in total. The lowest BCUT2D eigenvalue weighted by molar-refractivity contribution is -0.384. The summed E-state index contributed by atoms with van der Waals surface area (Å²) in [5.74, 6) is -0.619. The highest BCUT2D eigenvalue weighted by molar-refractivity contribution is 6.10. The van der Waals surface area contributed by atoms with Gasteiger partial charge in [-0.3, -0.25) is 14.9 Å². The molecule has 31 heavy (non-hydrogen) atoms. The van der Waals surface area contributed by atoms with E-state index in [0.29, 0.717) is 11.3 Å². The van der Waals surface area contributed by atoms with Gasteiger partial charge >= 0.3 is 0 Å². The van der Waals surface area contributed by atoms with Crippen LogP contribution in [-0.4, -0.2) is 15.4 Å². The number of nitro groups is 1. The van der Waals surface area contributed by atoms with Crippen LogP contribution < -0.4 is 5.32 Å². The van der Waals surface area contributed by atoms with Crippen LogP contribution in [0.1, 0.15) is 28.1 Å². The van der Waals surface area contributed by atoms with Crippen LogP contribution in [-0.2, 0) is 4.79 Å². The zero-order chi connectivity index (χ0) is 22.7. The van der Waals surface area contributed by atoms with Crippen molar-refractivity contribution >= 4 is 23.4 Å². The lowest BCUT2D eigenvalue weighted by atomic mass is 10.1. The Hall–Kier alpha value is -4.18. The summed E-state index contributed by atoms with van der Waals surface area (Å²) in [7, 11) is 0. The Morgan fingerprint density at radius 1 is 1.10 bits per heavy atom. The molecule has 0 atom stereocenters. The van der Waals surface area contributed by atoms with Gasteiger partial charge in [-0.15, -0.1) is 0 Å². The van der Waals surface area contributed by atoms with E-state index in [1.165, 1.54) is 18.2 Å². The number of rotatable bonds is 5. The van der Waals surface area contributed by atoms with Crippen molar-refractivity contribution in [3.8, 4) is 11.8 Å². The van der Waals surface area contributed by atoms with Crippen LogP contribution >= 0.6 is 0 Å². The predicted octanol–water partition coefficient (Wildman–Crippen LogP) is 5.16. The number of aromatic nitrogens is 1. The van der Waals surface area contributed by atoms with Gasteiger partial charge in [-0.05, 0) is 63.1 Å². The van der Waals surface area contributed by atoms with E-state index in [1.54, 1.807) is 13.0 Å². The number of carbonyl (C=O) groups is 1. The summed E-state index contributed by atoms with van der Waals surface area (Å²) in [6, 6.07) is 16.1. The maximum absolute atomic E-state index is 12.7. The number of aryl methyl sites for hydroxylation is 3. The highest BCUT2D eigenvalue weighted by Gasteiger charge is 2.16. The third kappa shape index (κ3) is 4.54. The molecule has 0 aliphatic rings. The van der Waals surface area contributed by atoms with Gasteiger partial charge in [0.1, 0.15) is 11.6 Å². The second-order valence-corrected chi connectivity index (χ2v) is 7.38. The second-order valence-electron chi connectivity index (χ2n) is 7.38. The van der Waals surface area contributed by atoms with Crippen LogP contribution in [0.25, 0.3) is 11.8 Å². The Morgan fingerprint density at radius 2 is 1.77 bits per heavy atom. The lowest BCUT2D eigenvalue weighted by Gasteiger charge is -2.10. The summed E-state index contributed by atoms with van der Waals surface area (Å²) in [4.78, 5) is 23.2. The van der Waals surface area contributed by atoms with Gasteiger partial charge in [0.15, 0.2) is 0 Å². The SMILES string of the molecule is Cc1ccc(-n2c(C)cc(/C=C(\C#N)C(=O)Nc3cc([N+](=O)[O-])ccc3C)c2C)cc1. The Bertz CT molecular complexity index is 1250. The predicted molar refractivity (Wildman–Crippen MR) is 120 cm³/mol. The molecule has 2 aromatic carbocycles. The maximum atomic E-state index is 12.7. The number of anilines is 1. The number of nitrogens with zero attached hydrogens (tertiary/aromatic N) is 3. The van der Waals surface area contributed by atoms with Crippen molar-refractivity contribution in [1.82, 2.24) is 4.57 Å². The number of carbonyl (C=O) groups excluding carboxylic acids is 1. The second kappa shape index (κ2) is 8.67. The largest absolute Gasteiger partial charge is 0.321 e. The van der Waals surface area contributed by atoms with E-state index in [0.717, 1.165) is 28.2 Å². The average Bonchev–Trinajstić information content (AvgIpc) is 3.01. The zero-order valence-electron chi connectivity index (χ0n) is 17.8. The molecular weight excluding hydrogens is 392 g/mol. The van der Waals surface area contributed by atoms with Crippen LogP contribution in [0.3, 0.4) is 0 Å². The van der Waals surface area contributed by atoms with Crippen LogP contribution in [0.2, 0.25) is 0 Å². The Morgan fingerprint density at radius 3 is 2.39 bits per heavy atom. The van der Waals surface area contributed by atoms with E-state index in [4.69, 9.17) is 0 Å². The van der Waals surface area contributed by atoms with E-state index < -0.39 is 10.8 Å². The first kappa shape index (κ1) is 21.5. The van der Waals surface area contributed by atoms with E-state index in [2.05, 4.69) is 9.88 Å². The van der Waals surface area contributed by atoms with Gasteiger partial charge in [-0.25, -0.2) is 0 Å². The van der Waals surface area contributed by atoms with Crippen molar-refractivity contribution in [2.75, 3.05) is 5.32 Å². The van der Waals surface area contributed by atoms with Crippen molar-refractivity contribution in [3.63, 3.8) is 0 Å². The van der Waals surface area contributed by atoms with E-state index in [1.807, 2.05) is 57.2 Å². The van der Waals surface area contributed by atoms with Crippen LogP contribution in [0.5, 0.6) is 0 Å². The summed E-state index contributed by atoms with van der Waals surface area (Å²) >= 11 is 0. The highest BCUT2D eigenvalue weighted by Crippen LogP contribution is 2.25. The molecule has 1 aromatic heterocycles. The molecule has 1 amide bonds. The number of benzene rings is 2. The maximum Gasteiger partial charge on any atom is 0.271 e. The number of hydrogen-bond donors (Lipinski definition) is 1.